The van der Waals surface area contributed by atoms with Gasteiger partial charge in [-0.3, -0.25) is 4.79 Å². The van der Waals surface area contributed by atoms with Crippen molar-refractivity contribution in [2.45, 2.75) is 6.54 Å². The van der Waals surface area contributed by atoms with Gasteiger partial charge in [0.25, 0.3) is 5.91 Å². The third-order valence-corrected chi connectivity index (χ3v) is 3.90. The largest absolute Gasteiger partial charge is 0.311 e. The van der Waals surface area contributed by atoms with Crippen LogP contribution >= 0.6 is 23.2 Å². The first-order valence-electron chi connectivity index (χ1n) is 6.72. The van der Waals surface area contributed by atoms with Gasteiger partial charge in [-0.2, -0.15) is 0 Å². The van der Waals surface area contributed by atoms with E-state index in [0.717, 1.165) is 24.3 Å². The molecule has 0 saturated carbocycles. The highest BCUT2D eigenvalue weighted by atomic mass is 35.5. The number of nitrogens with one attached hydrogen (secondary N) is 1. The first kappa shape index (κ1) is 14.4. The molecule has 1 N–H and O–H groups in total. The first-order valence-corrected chi connectivity index (χ1v) is 7.47. The summed E-state index contributed by atoms with van der Waals surface area (Å²) in [7, 11) is 0. The molecule has 5 heteroatoms. The Kier molecular flexibility index (Phi) is 4.15. The molecule has 3 nitrogen and oxygen atoms in total. The minimum atomic E-state index is -0.0875. The Morgan fingerprint density at radius 2 is 1.81 bits per heavy atom. The van der Waals surface area contributed by atoms with Gasteiger partial charge in [-0.1, -0.05) is 41.4 Å². The van der Waals surface area contributed by atoms with Crippen molar-refractivity contribution in [2.75, 3.05) is 18.0 Å². The average Bonchev–Trinajstić information content (AvgIpc) is 2.68. The molecule has 3 rings (SSSR count). The van der Waals surface area contributed by atoms with Crippen LogP contribution in [0.4, 0.5) is 5.69 Å². The van der Waals surface area contributed by atoms with Crippen LogP contribution < -0.4 is 10.2 Å². The standard InChI is InChI=1S/C16H14Cl2N2O/c17-13-7-12(8-14(18)9-13)16(21)20-6-5-19-10-11-3-1-2-4-15(11)20/h1-4,7-9,19H,5-6,10H2. The van der Waals surface area contributed by atoms with Crippen LogP contribution in [0.2, 0.25) is 10.0 Å². The van der Waals surface area contributed by atoms with Crippen LogP contribution in [0.15, 0.2) is 42.5 Å². The summed E-state index contributed by atoms with van der Waals surface area (Å²) in [6.07, 6.45) is 0. The normalized spacial score (nSPS) is 14.5. The second-order valence-electron chi connectivity index (χ2n) is 4.92. The predicted molar refractivity (Wildman–Crippen MR) is 86.3 cm³/mol. The highest BCUT2D eigenvalue weighted by molar-refractivity contribution is 6.35. The summed E-state index contributed by atoms with van der Waals surface area (Å²) in [6.45, 7) is 2.12. The Labute approximate surface area is 133 Å². The number of hydrogen-bond acceptors (Lipinski definition) is 2. The summed E-state index contributed by atoms with van der Waals surface area (Å²) in [6, 6.07) is 12.8. The molecule has 21 heavy (non-hydrogen) atoms. The number of para-hydroxylation sites is 1. The molecule has 0 radical (unpaired) electrons. The van der Waals surface area contributed by atoms with Crippen molar-refractivity contribution < 1.29 is 4.79 Å². The third kappa shape index (κ3) is 3.05. The van der Waals surface area contributed by atoms with E-state index in [2.05, 4.69) is 5.32 Å². The van der Waals surface area contributed by atoms with E-state index in [0.29, 0.717) is 22.2 Å². The summed E-state index contributed by atoms with van der Waals surface area (Å²) in [4.78, 5) is 14.6. The number of halogens is 2. The van der Waals surface area contributed by atoms with Crippen LogP contribution in [0.5, 0.6) is 0 Å². The van der Waals surface area contributed by atoms with Gasteiger partial charge in [-0.25, -0.2) is 0 Å². The van der Waals surface area contributed by atoms with Crippen molar-refractivity contribution in [2.24, 2.45) is 0 Å². The summed E-state index contributed by atoms with van der Waals surface area (Å²) >= 11 is 12.0. The van der Waals surface area contributed by atoms with Crippen molar-refractivity contribution in [1.82, 2.24) is 5.32 Å². The van der Waals surface area contributed by atoms with Crippen LogP contribution in [-0.2, 0) is 6.54 Å². The number of nitrogens with zero attached hydrogens (tertiary/aromatic N) is 1. The number of carbonyl (C=O) groups is 1. The molecule has 2 aromatic rings. The molecule has 0 aromatic heterocycles. The molecule has 0 fully saturated rings. The number of fused-ring (bicyclic) bond motifs is 1. The quantitative estimate of drug-likeness (QED) is 0.868. The highest BCUT2D eigenvalue weighted by Crippen LogP contribution is 2.26. The average molecular weight is 321 g/mol. The van der Waals surface area contributed by atoms with Gasteiger partial charge < -0.3 is 10.2 Å². The van der Waals surface area contributed by atoms with Crippen LogP contribution in [0, 0.1) is 0 Å². The summed E-state index contributed by atoms with van der Waals surface area (Å²) in [5.74, 6) is -0.0875. The smallest absolute Gasteiger partial charge is 0.258 e. The van der Waals surface area contributed by atoms with E-state index in [1.165, 1.54) is 0 Å². The number of rotatable bonds is 1. The molecule has 1 aliphatic rings. The molecule has 108 valence electrons. The maximum Gasteiger partial charge on any atom is 0.258 e. The lowest BCUT2D eigenvalue weighted by atomic mass is 10.1. The van der Waals surface area contributed by atoms with Gasteiger partial charge in [0.15, 0.2) is 0 Å². The van der Waals surface area contributed by atoms with Crippen LogP contribution in [0.1, 0.15) is 15.9 Å². The van der Waals surface area contributed by atoms with Gasteiger partial charge in [0, 0.05) is 40.9 Å². The van der Waals surface area contributed by atoms with Gasteiger partial charge in [0.05, 0.1) is 0 Å². The molecule has 0 unspecified atom stereocenters. The molecule has 1 aliphatic heterocycles. The van der Waals surface area contributed by atoms with E-state index in [9.17, 15) is 4.79 Å². The molecule has 2 aromatic carbocycles. The van der Waals surface area contributed by atoms with E-state index in [-0.39, 0.29) is 5.91 Å². The minimum Gasteiger partial charge on any atom is -0.311 e. The zero-order valence-corrected chi connectivity index (χ0v) is 12.8. The number of benzene rings is 2. The number of anilines is 1. The molecule has 0 aliphatic carbocycles. The van der Waals surface area contributed by atoms with Crippen LogP contribution in [-0.4, -0.2) is 19.0 Å². The Morgan fingerprint density at radius 3 is 2.57 bits per heavy atom. The van der Waals surface area contributed by atoms with Gasteiger partial charge >= 0.3 is 0 Å². The summed E-state index contributed by atoms with van der Waals surface area (Å²) < 4.78 is 0. The van der Waals surface area contributed by atoms with Crippen molar-refractivity contribution in [3.05, 3.63) is 63.6 Å². The lowest BCUT2D eigenvalue weighted by Crippen LogP contribution is -2.34. The van der Waals surface area contributed by atoms with Crippen LogP contribution in [0.3, 0.4) is 0 Å². The van der Waals surface area contributed by atoms with Gasteiger partial charge in [0.2, 0.25) is 0 Å². The Balaban J connectivity index is 2.01. The van der Waals surface area contributed by atoms with Gasteiger partial charge in [0.1, 0.15) is 0 Å². The lowest BCUT2D eigenvalue weighted by molar-refractivity contribution is 0.0987. The van der Waals surface area contributed by atoms with E-state index in [1.807, 2.05) is 24.3 Å². The predicted octanol–water partition coefficient (Wildman–Crippen LogP) is 3.74. The second kappa shape index (κ2) is 6.06. The molecular formula is C16H14Cl2N2O. The minimum absolute atomic E-state index is 0.0875. The topological polar surface area (TPSA) is 32.3 Å². The zero-order chi connectivity index (χ0) is 14.8. The summed E-state index contributed by atoms with van der Waals surface area (Å²) in [5.41, 5.74) is 2.55. The fourth-order valence-corrected chi connectivity index (χ4v) is 3.03. The van der Waals surface area contributed by atoms with Crippen LogP contribution in [0.25, 0.3) is 0 Å². The fourth-order valence-electron chi connectivity index (χ4n) is 2.50. The SMILES string of the molecule is O=C(c1cc(Cl)cc(Cl)c1)N1CCNCc2ccccc21. The third-order valence-electron chi connectivity index (χ3n) is 3.46. The molecule has 0 bridgehead atoms. The molecule has 0 spiro atoms. The second-order valence-corrected chi connectivity index (χ2v) is 5.79. The Bertz CT molecular complexity index is 667. The Morgan fingerprint density at radius 1 is 1.10 bits per heavy atom. The fraction of sp³-hybridized carbons (Fsp3) is 0.188. The number of hydrogen-bond donors (Lipinski definition) is 1. The summed E-state index contributed by atoms with van der Waals surface area (Å²) in [5, 5.41) is 4.25. The monoisotopic (exact) mass is 320 g/mol. The van der Waals surface area contributed by atoms with Crippen molar-refractivity contribution in [1.29, 1.82) is 0 Å². The molecule has 1 amide bonds. The van der Waals surface area contributed by atoms with E-state index < -0.39 is 0 Å². The number of amides is 1. The van der Waals surface area contributed by atoms with Crippen molar-refractivity contribution in [3.63, 3.8) is 0 Å². The molecule has 0 saturated heterocycles. The van der Waals surface area contributed by atoms with Gasteiger partial charge in [-0.05, 0) is 29.8 Å². The molecule has 1 heterocycles. The lowest BCUT2D eigenvalue weighted by Gasteiger charge is -2.22. The van der Waals surface area contributed by atoms with Gasteiger partial charge in [-0.15, -0.1) is 0 Å². The van der Waals surface area contributed by atoms with Crippen molar-refractivity contribution >= 4 is 34.8 Å². The maximum absolute atomic E-state index is 12.8. The molecule has 0 atom stereocenters. The zero-order valence-electron chi connectivity index (χ0n) is 11.3. The van der Waals surface area contributed by atoms with E-state index in [1.54, 1.807) is 23.1 Å². The molecular weight excluding hydrogens is 307 g/mol. The highest BCUT2D eigenvalue weighted by Gasteiger charge is 2.22. The van der Waals surface area contributed by atoms with E-state index >= 15 is 0 Å². The first-order chi connectivity index (χ1) is 10.1. The number of carbonyl (C=O) groups excluding carboxylic acids is 1. The maximum atomic E-state index is 12.8. The van der Waals surface area contributed by atoms with Crippen molar-refractivity contribution in [3.8, 4) is 0 Å². The van der Waals surface area contributed by atoms with E-state index in [4.69, 9.17) is 23.2 Å². The Hall–Kier alpha value is -1.55.